The standard InChI is InChI=1S/C14H17NO3S/c1-14(2,15)8-19-7-11-12(13(16)17)9-5-3-4-6-10(9)18-11/h3-6H,7-8,15H2,1-2H3,(H,16,17). The summed E-state index contributed by atoms with van der Waals surface area (Å²) in [7, 11) is 0. The maximum Gasteiger partial charge on any atom is 0.339 e. The number of carboxylic acids is 1. The van der Waals surface area contributed by atoms with Crippen molar-refractivity contribution >= 4 is 28.7 Å². The predicted octanol–water partition coefficient (Wildman–Crippen LogP) is 3.10. The first-order chi connectivity index (χ1) is 8.88. The number of hydrogen-bond acceptors (Lipinski definition) is 4. The Bertz CT molecular complexity index is 598. The van der Waals surface area contributed by atoms with E-state index >= 15 is 0 Å². The predicted molar refractivity (Wildman–Crippen MR) is 77.6 cm³/mol. The molecule has 5 heteroatoms. The molecule has 1 aromatic carbocycles. The number of para-hydroxylation sites is 1. The van der Waals surface area contributed by atoms with Gasteiger partial charge in [-0.2, -0.15) is 11.8 Å². The van der Waals surface area contributed by atoms with Gasteiger partial charge in [0.25, 0.3) is 0 Å². The zero-order chi connectivity index (χ0) is 14.0. The summed E-state index contributed by atoms with van der Waals surface area (Å²) in [5.74, 6) is 0.801. The van der Waals surface area contributed by atoms with E-state index in [2.05, 4.69) is 0 Å². The van der Waals surface area contributed by atoms with Gasteiger partial charge < -0.3 is 15.3 Å². The van der Waals surface area contributed by atoms with E-state index in [1.165, 1.54) is 0 Å². The van der Waals surface area contributed by atoms with Crippen LogP contribution in [-0.4, -0.2) is 22.4 Å². The smallest absolute Gasteiger partial charge is 0.339 e. The molecule has 19 heavy (non-hydrogen) atoms. The van der Waals surface area contributed by atoms with E-state index in [0.29, 0.717) is 22.5 Å². The van der Waals surface area contributed by atoms with Crippen LogP contribution in [0.3, 0.4) is 0 Å². The van der Waals surface area contributed by atoms with Gasteiger partial charge in [-0.15, -0.1) is 0 Å². The molecule has 0 fully saturated rings. The quantitative estimate of drug-likeness (QED) is 0.879. The van der Waals surface area contributed by atoms with Crippen LogP contribution >= 0.6 is 11.8 Å². The second-order valence-corrected chi connectivity index (χ2v) is 6.17. The minimum absolute atomic E-state index is 0.262. The third-order valence-corrected chi connectivity index (χ3v) is 4.00. The van der Waals surface area contributed by atoms with E-state index in [4.69, 9.17) is 10.2 Å². The van der Waals surface area contributed by atoms with E-state index < -0.39 is 5.97 Å². The molecule has 0 bridgehead atoms. The Kier molecular flexibility index (Phi) is 3.87. The highest BCUT2D eigenvalue weighted by Crippen LogP contribution is 2.29. The van der Waals surface area contributed by atoms with Gasteiger partial charge in [-0.1, -0.05) is 18.2 Å². The van der Waals surface area contributed by atoms with Gasteiger partial charge in [-0.05, 0) is 19.9 Å². The van der Waals surface area contributed by atoms with Crippen LogP contribution in [0.15, 0.2) is 28.7 Å². The summed E-state index contributed by atoms with van der Waals surface area (Å²) >= 11 is 1.58. The SMILES string of the molecule is CC(C)(N)CSCc1oc2ccccc2c1C(=O)O. The van der Waals surface area contributed by atoms with Crippen molar-refractivity contribution in [1.82, 2.24) is 0 Å². The summed E-state index contributed by atoms with van der Waals surface area (Å²) in [6.07, 6.45) is 0. The molecule has 2 rings (SSSR count). The van der Waals surface area contributed by atoms with Gasteiger partial charge in [0.2, 0.25) is 0 Å². The van der Waals surface area contributed by atoms with Crippen LogP contribution in [0.5, 0.6) is 0 Å². The molecule has 4 nitrogen and oxygen atoms in total. The Morgan fingerprint density at radius 3 is 2.74 bits per heavy atom. The Morgan fingerprint density at radius 1 is 1.42 bits per heavy atom. The van der Waals surface area contributed by atoms with Crippen LogP contribution in [0.1, 0.15) is 30.0 Å². The van der Waals surface area contributed by atoms with Crippen LogP contribution in [-0.2, 0) is 5.75 Å². The molecule has 102 valence electrons. The average Bonchev–Trinajstić information content (AvgIpc) is 2.65. The fourth-order valence-corrected chi connectivity index (χ4v) is 2.86. The second-order valence-electron chi connectivity index (χ2n) is 5.18. The minimum atomic E-state index is -0.951. The third kappa shape index (κ3) is 3.30. The zero-order valence-corrected chi connectivity index (χ0v) is 11.8. The second kappa shape index (κ2) is 5.27. The van der Waals surface area contributed by atoms with Crippen molar-refractivity contribution in [3.05, 3.63) is 35.6 Å². The summed E-state index contributed by atoms with van der Waals surface area (Å²) in [6, 6.07) is 7.19. The molecule has 0 aliphatic heterocycles. The molecule has 1 heterocycles. The number of nitrogens with two attached hydrogens (primary N) is 1. The summed E-state index contributed by atoms with van der Waals surface area (Å²) in [5.41, 5.74) is 6.50. The van der Waals surface area contributed by atoms with Crippen molar-refractivity contribution in [2.45, 2.75) is 25.1 Å². The van der Waals surface area contributed by atoms with Gasteiger partial charge in [0.15, 0.2) is 0 Å². The number of aromatic carboxylic acids is 1. The molecule has 0 saturated heterocycles. The van der Waals surface area contributed by atoms with Gasteiger partial charge in [-0.3, -0.25) is 0 Å². The molecule has 3 N–H and O–H groups in total. The van der Waals surface area contributed by atoms with E-state index in [9.17, 15) is 9.90 Å². The lowest BCUT2D eigenvalue weighted by molar-refractivity contribution is 0.0697. The maximum absolute atomic E-state index is 11.4. The fraction of sp³-hybridized carbons (Fsp3) is 0.357. The maximum atomic E-state index is 11.4. The molecule has 0 unspecified atom stereocenters. The number of benzene rings is 1. The van der Waals surface area contributed by atoms with E-state index in [1.54, 1.807) is 23.9 Å². The number of carbonyl (C=O) groups is 1. The molecule has 0 saturated carbocycles. The molecule has 0 atom stereocenters. The lowest BCUT2D eigenvalue weighted by Crippen LogP contribution is -2.34. The Balaban J connectivity index is 2.27. The summed E-state index contributed by atoms with van der Waals surface area (Å²) in [4.78, 5) is 11.4. The van der Waals surface area contributed by atoms with Crippen LogP contribution in [0.25, 0.3) is 11.0 Å². The fourth-order valence-electron chi connectivity index (χ4n) is 1.84. The monoisotopic (exact) mass is 279 g/mol. The van der Waals surface area contributed by atoms with Crippen molar-refractivity contribution in [3.8, 4) is 0 Å². The van der Waals surface area contributed by atoms with Crippen molar-refractivity contribution in [3.63, 3.8) is 0 Å². The first-order valence-electron chi connectivity index (χ1n) is 5.99. The largest absolute Gasteiger partial charge is 0.478 e. The molecule has 0 radical (unpaired) electrons. The zero-order valence-electron chi connectivity index (χ0n) is 11.0. The number of hydrogen-bond donors (Lipinski definition) is 2. The molecular formula is C14H17NO3S. The highest BCUT2D eigenvalue weighted by atomic mass is 32.2. The third-order valence-electron chi connectivity index (χ3n) is 2.59. The van der Waals surface area contributed by atoms with Crippen molar-refractivity contribution < 1.29 is 14.3 Å². The summed E-state index contributed by atoms with van der Waals surface area (Å²) in [5, 5.41) is 9.97. The highest BCUT2D eigenvalue weighted by molar-refractivity contribution is 7.98. The first kappa shape index (κ1) is 14.0. The first-order valence-corrected chi connectivity index (χ1v) is 7.14. The van der Waals surface area contributed by atoms with E-state index in [-0.39, 0.29) is 11.1 Å². The van der Waals surface area contributed by atoms with Crippen molar-refractivity contribution in [1.29, 1.82) is 0 Å². The summed E-state index contributed by atoms with van der Waals surface area (Å²) < 4.78 is 5.63. The topological polar surface area (TPSA) is 76.5 Å². The molecule has 1 aromatic heterocycles. The van der Waals surface area contributed by atoms with Gasteiger partial charge in [0.1, 0.15) is 16.9 Å². The van der Waals surface area contributed by atoms with Gasteiger partial charge in [0, 0.05) is 16.7 Å². The average molecular weight is 279 g/mol. The van der Waals surface area contributed by atoms with Crippen LogP contribution in [0.4, 0.5) is 0 Å². The Morgan fingerprint density at radius 2 is 2.11 bits per heavy atom. The van der Waals surface area contributed by atoms with E-state index in [1.807, 2.05) is 26.0 Å². The number of carboxylic acid groups (broad SMARTS) is 1. The molecule has 2 aromatic rings. The van der Waals surface area contributed by atoms with Crippen LogP contribution < -0.4 is 5.73 Å². The van der Waals surface area contributed by atoms with Gasteiger partial charge in [-0.25, -0.2) is 4.79 Å². The molecule has 0 aliphatic rings. The van der Waals surface area contributed by atoms with Crippen LogP contribution in [0.2, 0.25) is 0 Å². The Hall–Kier alpha value is -1.46. The lowest BCUT2D eigenvalue weighted by Gasteiger charge is -2.16. The van der Waals surface area contributed by atoms with Crippen LogP contribution in [0, 0.1) is 0 Å². The minimum Gasteiger partial charge on any atom is -0.478 e. The summed E-state index contributed by atoms with van der Waals surface area (Å²) in [6.45, 7) is 3.88. The van der Waals surface area contributed by atoms with Gasteiger partial charge >= 0.3 is 5.97 Å². The molecule has 0 amide bonds. The number of furan rings is 1. The molecule has 0 spiro atoms. The number of fused-ring (bicyclic) bond motifs is 1. The lowest BCUT2D eigenvalue weighted by atomic mass is 10.1. The normalized spacial score (nSPS) is 11.9. The van der Waals surface area contributed by atoms with E-state index in [0.717, 1.165) is 5.75 Å². The molecular weight excluding hydrogens is 262 g/mol. The number of rotatable bonds is 5. The number of thioether (sulfide) groups is 1. The van der Waals surface area contributed by atoms with Crippen molar-refractivity contribution in [2.24, 2.45) is 5.73 Å². The highest BCUT2D eigenvalue weighted by Gasteiger charge is 2.20. The van der Waals surface area contributed by atoms with Gasteiger partial charge in [0.05, 0.1) is 5.75 Å². The molecule has 0 aliphatic carbocycles. The van der Waals surface area contributed by atoms with Crippen molar-refractivity contribution in [2.75, 3.05) is 5.75 Å². The Labute approximate surface area is 116 Å².